The smallest absolute Gasteiger partial charge is 0.226 e. The summed E-state index contributed by atoms with van der Waals surface area (Å²) in [5.74, 6) is 2.39. The van der Waals surface area contributed by atoms with Crippen molar-refractivity contribution in [3.8, 4) is 0 Å². The molecule has 0 aromatic carbocycles. The maximum Gasteiger partial charge on any atom is 0.226 e. The first-order valence-electron chi connectivity index (χ1n) is 7.89. The van der Waals surface area contributed by atoms with Crippen LogP contribution in [-0.4, -0.2) is 47.8 Å². The molecule has 1 aliphatic rings. The summed E-state index contributed by atoms with van der Waals surface area (Å²) in [7, 11) is 1.96. The van der Waals surface area contributed by atoms with Crippen molar-refractivity contribution < 1.29 is 4.52 Å². The Morgan fingerprint density at radius 2 is 2.10 bits per heavy atom. The van der Waals surface area contributed by atoms with E-state index in [0.29, 0.717) is 12.0 Å². The summed E-state index contributed by atoms with van der Waals surface area (Å²) >= 11 is 0. The number of hydrogen-bond acceptors (Lipinski definition) is 5. The lowest BCUT2D eigenvalue weighted by atomic mass is 9.93. The Hall–Kier alpha value is -0.940. The molecule has 0 spiro atoms. The molecule has 1 saturated heterocycles. The lowest BCUT2D eigenvalue weighted by Gasteiger charge is -2.34. The van der Waals surface area contributed by atoms with E-state index in [-0.39, 0.29) is 0 Å². The summed E-state index contributed by atoms with van der Waals surface area (Å²) in [6, 6.07) is 0.665. The molecule has 0 bridgehead atoms. The average Bonchev–Trinajstić information content (AvgIpc) is 2.87. The van der Waals surface area contributed by atoms with Gasteiger partial charge in [0.25, 0.3) is 0 Å². The molecule has 114 valence electrons. The summed E-state index contributed by atoms with van der Waals surface area (Å²) in [6.45, 7) is 7.94. The zero-order valence-electron chi connectivity index (χ0n) is 13.1. The lowest BCUT2D eigenvalue weighted by molar-refractivity contribution is 0.145. The molecule has 2 heterocycles. The Balaban J connectivity index is 1.74. The molecule has 0 atom stereocenters. The van der Waals surface area contributed by atoms with Gasteiger partial charge < -0.3 is 14.7 Å². The third kappa shape index (κ3) is 4.56. The summed E-state index contributed by atoms with van der Waals surface area (Å²) in [5, 5.41) is 7.21. The number of piperidine rings is 1. The van der Waals surface area contributed by atoms with Gasteiger partial charge in [0.1, 0.15) is 0 Å². The third-order valence-electron chi connectivity index (χ3n) is 4.18. The molecule has 20 heavy (non-hydrogen) atoms. The second-order valence-electron chi connectivity index (χ2n) is 6.09. The molecule has 5 heteroatoms. The molecule has 1 aromatic heterocycles. The number of rotatable bonds is 7. The quantitative estimate of drug-likeness (QED) is 0.773. The van der Waals surface area contributed by atoms with Crippen LogP contribution in [0.1, 0.15) is 44.8 Å². The van der Waals surface area contributed by atoms with E-state index in [1.807, 2.05) is 7.05 Å². The highest BCUT2D eigenvalue weighted by molar-refractivity contribution is 4.89. The first kappa shape index (κ1) is 15.4. The Morgan fingerprint density at radius 3 is 2.75 bits per heavy atom. The standard InChI is InChI=1S/C15H28N4O/c1-12(2)19-9-6-13(7-10-19)11-15-17-14(18-20-15)5-4-8-16-3/h12-13,16H,4-11H2,1-3H3. The third-order valence-corrected chi connectivity index (χ3v) is 4.18. The van der Waals surface area contributed by atoms with E-state index in [2.05, 4.69) is 34.2 Å². The van der Waals surface area contributed by atoms with Gasteiger partial charge in [-0.2, -0.15) is 4.98 Å². The molecule has 0 unspecified atom stereocenters. The lowest BCUT2D eigenvalue weighted by Crippen LogP contribution is -2.38. The van der Waals surface area contributed by atoms with Gasteiger partial charge in [-0.1, -0.05) is 5.16 Å². The van der Waals surface area contributed by atoms with E-state index < -0.39 is 0 Å². The largest absolute Gasteiger partial charge is 0.339 e. The van der Waals surface area contributed by atoms with Gasteiger partial charge in [-0.05, 0) is 65.7 Å². The number of nitrogens with one attached hydrogen (secondary N) is 1. The maximum atomic E-state index is 5.38. The molecular formula is C15H28N4O. The second kappa shape index (κ2) is 7.74. The van der Waals surface area contributed by atoms with Crippen molar-refractivity contribution in [1.82, 2.24) is 20.4 Å². The Labute approximate surface area is 122 Å². The van der Waals surface area contributed by atoms with Crippen LogP contribution in [0.25, 0.3) is 0 Å². The van der Waals surface area contributed by atoms with Crippen molar-refractivity contribution in [2.45, 2.75) is 52.0 Å². The zero-order valence-corrected chi connectivity index (χ0v) is 13.1. The fourth-order valence-electron chi connectivity index (χ4n) is 2.82. The molecule has 0 aliphatic carbocycles. The highest BCUT2D eigenvalue weighted by Crippen LogP contribution is 2.22. The Morgan fingerprint density at radius 1 is 1.35 bits per heavy atom. The van der Waals surface area contributed by atoms with Crippen LogP contribution in [0.15, 0.2) is 4.52 Å². The molecule has 1 N–H and O–H groups in total. The Bertz CT molecular complexity index is 383. The van der Waals surface area contributed by atoms with Gasteiger partial charge >= 0.3 is 0 Å². The number of likely N-dealkylation sites (tertiary alicyclic amines) is 1. The molecule has 5 nitrogen and oxygen atoms in total. The highest BCUT2D eigenvalue weighted by atomic mass is 16.5. The first-order chi connectivity index (χ1) is 9.69. The van der Waals surface area contributed by atoms with Crippen molar-refractivity contribution in [2.24, 2.45) is 5.92 Å². The maximum absolute atomic E-state index is 5.38. The van der Waals surface area contributed by atoms with Crippen molar-refractivity contribution >= 4 is 0 Å². The van der Waals surface area contributed by atoms with Crippen molar-refractivity contribution in [2.75, 3.05) is 26.7 Å². The van der Waals surface area contributed by atoms with Gasteiger partial charge in [0.15, 0.2) is 5.82 Å². The van der Waals surface area contributed by atoms with Gasteiger partial charge in [-0.25, -0.2) is 0 Å². The fraction of sp³-hybridized carbons (Fsp3) is 0.867. The molecular weight excluding hydrogens is 252 g/mol. The van der Waals surface area contributed by atoms with Crippen LogP contribution in [0.2, 0.25) is 0 Å². The number of hydrogen-bond donors (Lipinski definition) is 1. The van der Waals surface area contributed by atoms with E-state index in [0.717, 1.165) is 37.5 Å². The molecule has 2 rings (SSSR count). The van der Waals surface area contributed by atoms with Crippen molar-refractivity contribution in [1.29, 1.82) is 0 Å². The minimum Gasteiger partial charge on any atom is -0.339 e. The van der Waals surface area contributed by atoms with E-state index in [1.165, 1.54) is 25.9 Å². The molecule has 1 aromatic rings. The van der Waals surface area contributed by atoms with Crippen LogP contribution >= 0.6 is 0 Å². The molecule has 1 fully saturated rings. The fourth-order valence-corrected chi connectivity index (χ4v) is 2.82. The van der Waals surface area contributed by atoms with Crippen LogP contribution in [0.3, 0.4) is 0 Å². The van der Waals surface area contributed by atoms with Crippen molar-refractivity contribution in [3.05, 3.63) is 11.7 Å². The number of nitrogens with zero attached hydrogens (tertiary/aromatic N) is 3. The van der Waals surface area contributed by atoms with Gasteiger partial charge in [0, 0.05) is 18.9 Å². The normalized spacial score (nSPS) is 18.0. The Kier molecular flexibility index (Phi) is 5.98. The number of aromatic nitrogens is 2. The highest BCUT2D eigenvalue weighted by Gasteiger charge is 2.22. The summed E-state index contributed by atoms with van der Waals surface area (Å²) in [6.07, 6.45) is 5.40. The van der Waals surface area contributed by atoms with Crippen LogP contribution in [0, 0.1) is 5.92 Å². The first-order valence-corrected chi connectivity index (χ1v) is 7.89. The van der Waals surface area contributed by atoms with Crippen LogP contribution in [0.4, 0.5) is 0 Å². The predicted octanol–water partition coefficient (Wildman–Crippen LogP) is 1.88. The molecule has 0 amide bonds. The summed E-state index contributed by atoms with van der Waals surface area (Å²) in [5.41, 5.74) is 0. The van der Waals surface area contributed by atoms with E-state index in [1.54, 1.807) is 0 Å². The van der Waals surface area contributed by atoms with Crippen LogP contribution in [0.5, 0.6) is 0 Å². The topological polar surface area (TPSA) is 54.2 Å². The predicted molar refractivity (Wildman–Crippen MR) is 79.7 cm³/mol. The monoisotopic (exact) mass is 280 g/mol. The van der Waals surface area contributed by atoms with Gasteiger partial charge in [0.05, 0.1) is 0 Å². The van der Waals surface area contributed by atoms with Gasteiger partial charge in [-0.3, -0.25) is 0 Å². The van der Waals surface area contributed by atoms with Gasteiger partial charge in [0.2, 0.25) is 5.89 Å². The van der Waals surface area contributed by atoms with E-state index >= 15 is 0 Å². The van der Waals surface area contributed by atoms with Crippen LogP contribution < -0.4 is 5.32 Å². The minimum atomic E-state index is 0.665. The summed E-state index contributed by atoms with van der Waals surface area (Å²) in [4.78, 5) is 7.06. The van der Waals surface area contributed by atoms with E-state index in [9.17, 15) is 0 Å². The number of aryl methyl sites for hydroxylation is 1. The van der Waals surface area contributed by atoms with Crippen molar-refractivity contribution in [3.63, 3.8) is 0 Å². The molecule has 0 radical (unpaired) electrons. The summed E-state index contributed by atoms with van der Waals surface area (Å²) < 4.78 is 5.38. The van der Waals surface area contributed by atoms with E-state index in [4.69, 9.17) is 4.52 Å². The average molecular weight is 280 g/mol. The van der Waals surface area contributed by atoms with Gasteiger partial charge in [-0.15, -0.1) is 0 Å². The molecule has 1 aliphatic heterocycles. The SMILES string of the molecule is CNCCCc1noc(CC2CCN(C(C)C)CC2)n1. The van der Waals surface area contributed by atoms with Crippen LogP contribution in [-0.2, 0) is 12.8 Å². The molecule has 0 saturated carbocycles. The zero-order chi connectivity index (χ0) is 14.4. The second-order valence-corrected chi connectivity index (χ2v) is 6.09. The minimum absolute atomic E-state index is 0.665.